The van der Waals surface area contributed by atoms with Gasteiger partial charge in [0.1, 0.15) is 5.52 Å². The molecule has 1 heterocycles. The number of amides is 1. The number of aryl methyl sites for hydroxylation is 2. The van der Waals surface area contributed by atoms with Crippen molar-refractivity contribution in [1.29, 1.82) is 0 Å². The van der Waals surface area contributed by atoms with E-state index in [1.165, 1.54) is 38.5 Å². The van der Waals surface area contributed by atoms with Crippen LogP contribution in [0.1, 0.15) is 56.1 Å². The Labute approximate surface area is 216 Å². The minimum atomic E-state index is 0.00141. The lowest BCUT2D eigenvalue weighted by Crippen LogP contribution is -2.48. The van der Waals surface area contributed by atoms with Crippen molar-refractivity contribution in [3.05, 3.63) is 46.5 Å². The second kappa shape index (κ2) is 8.59. The highest BCUT2D eigenvalue weighted by Gasteiger charge is 2.51. The summed E-state index contributed by atoms with van der Waals surface area (Å²) in [7, 11) is 0. The summed E-state index contributed by atoms with van der Waals surface area (Å²) in [5.74, 6) is 2.98. The molecule has 0 aliphatic heterocycles. The fourth-order valence-corrected chi connectivity index (χ4v) is 7.81. The number of carbonyl (C=O) groups is 1. The molecule has 2 aromatic carbocycles. The van der Waals surface area contributed by atoms with Gasteiger partial charge in [0.2, 0.25) is 11.8 Å². The lowest BCUT2D eigenvalue weighted by atomic mass is 9.49. The first-order valence-corrected chi connectivity index (χ1v) is 13.3. The Bertz CT molecular complexity index is 1310. The summed E-state index contributed by atoms with van der Waals surface area (Å²) >= 11 is 11.9. The Morgan fingerprint density at radius 3 is 2.49 bits per heavy atom. The van der Waals surface area contributed by atoms with E-state index in [2.05, 4.69) is 21.7 Å². The van der Waals surface area contributed by atoms with Crippen LogP contribution < -0.4 is 10.6 Å². The van der Waals surface area contributed by atoms with Gasteiger partial charge in [0.25, 0.3) is 0 Å². The van der Waals surface area contributed by atoms with Crippen molar-refractivity contribution >= 4 is 51.6 Å². The molecule has 1 amide bonds. The summed E-state index contributed by atoms with van der Waals surface area (Å²) < 4.78 is 6.05. The average molecular weight is 508 g/mol. The number of rotatable bonds is 4. The third kappa shape index (κ3) is 4.47. The van der Waals surface area contributed by atoms with Gasteiger partial charge in [-0.1, -0.05) is 17.7 Å². The van der Waals surface area contributed by atoms with Crippen LogP contribution >= 0.6 is 23.8 Å². The van der Waals surface area contributed by atoms with Crippen LogP contribution in [0.2, 0.25) is 5.02 Å². The molecule has 7 heteroatoms. The number of anilines is 1. The van der Waals surface area contributed by atoms with Crippen LogP contribution in [0, 0.1) is 37.0 Å². The highest BCUT2D eigenvalue weighted by molar-refractivity contribution is 7.80. The summed E-state index contributed by atoms with van der Waals surface area (Å²) in [6.07, 6.45) is 8.27. The van der Waals surface area contributed by atoms with Crippen LogP contribution in [0.5, 0.6) is 0 Å². The van der Waals surface area contributed by atoms with E-state index < -0.39 is 0 Å². The van der Waals surface area contributed by atoms with Gasteiger partial charge in [0.05, 0.1) is 10.7 Å². The molecule has 4 fully saturated rings. The standard InChI is InChI=1S/C28H30ClN3O2S/c1-15-5-16(2)25-23(6-15)30-26(34-25)20-3-4-21(29)22(10-20)31-27(35)32-24(33)14-28-11-17-7-18(12-28)9-19(8-17)13-28/h3-6,10,17-19H,7-9,11-14H2,1-2H3,(H2,31,32,33,35). The lowest BCUT2D eigenvalue weighted by molar-refractivity contribution is -0.127. The number of oxazole rings is 1. The fourth-order valence-electron chi connectivity index (χ4n) is 7.43. The molecule has 3 aromatic rings. The maximum atomic E-state index is 13.0. The van der Waals surface area contributed by atoms with Crippen molar-refractivity contribution in [2.75, 3.05) is 5.32 Å². The molecule has 0 unspecified atom stereocenters. The van der Waals surface area contributed by atoms with Crippen LogP contribution in [0.4, 0.5) is 5.69 Å². The summed E-state index contributed by atoms with van der Waals surface area (Å²) in [5, 5.41) is 6.80. The first-order valence-electron chi connectivity index (χ1n) is 12.5. The zero-order chi connectivity index (χ0) is 24.3. The first kappa shape index (κ1) is 23.0. The van der Waals surface area contributed by atoms with E-state index in [1.54, 1.807) is 6.07 Å². The monoisotopic (exact) mass is 507 g/mol. The zero-order valence-electron chi connectivity index (χ0n) is 20.1. The van der Waals surface area contributed by atoms with Gasteiger partial charge in [-0.25, -0.2) is 4.98 Å². The van der Waals surface area contributed by atoms with Gasteiger partial charge in [0, 0.05) is 12.0 Å². The largest absolute Gasteiger partial charge is 0.436 e. The predicted octanol–water partition coefficient (Wildman–Crippen LogP) is 7.18. The molecule has 2 N–H and O–H groups in total. The molecule has 0 radical (unpaired) electrons. The molecule has 5 nitrogen and oxygen atoms in total. The second-order valence-electron chi connectivity index (χ2n) is 11.2. The Kier molecular flexibility index (Phi) is 5.65. The number of fused-ring (bicyclic) bond motifs is 1. The maximum absolute atomic E-state index is 13.0. The number of nitrogens with one attached hydrogen (secondary N) is 2. The third-order valence-corrected chi connectivity index (χ3v) is 8.77. The van der Waals surface area contributed by atoms with E-state index in [4.69, 9.17) is 28.2 Å². The molecular weight excluding hydrogens is 478 g/mol. The SMILES string of the molecule is Cc1cc(C)c2oc(-c3ccc(Cl)c(NC(=S)NC(=O)CC45CC6CC(CC(C6)C4)C5)c3)nc2c1. The number of aromatic nitrogens is 1. The van der Waals surface area contributed by atoms with E-state index in [-0.39, 0.29) is 16.4 Å². The maximum Gasteiger partial charge on any atom is 0.227 e. The Morgan fingerprint density at radius 1 is 1.11 bits per heavy atom. The Balaban J connectivity index is 1.15. The van der Waals surface area contributed by atoms with E-state index in [9.17, 15) is 4.79 Å². The molecule has 0 atom stereocenters. The van der Waals surface area contributed by atoms with Gasteiger partial charge < -0.3 is 15.1 Å². The molecule has 4 aliphatic carbocycles. The minimum absolute atomic E-state index is 0.00141. The number of hydrogen-bond donors (Lipinski definition) is 2. The van der Waals surface area contributed by atoms with Gasteiger partial charge in [-0.2, -0.15) is 0 Å². The number of carbonyl (C=O) groups excluding carboxylic acids is 1. The van der Waals surface area contributed by atoms with Crippen molar-refractivity contribution < 1.29 is 9.21 Å². The Morgan fingerprint density at radius 2 is 1.80 bits per heavy atom. The second-order valence-corrected chi connectivity index (χ2v) is 12.1. The summed E-state index contributed by atoms with van der Waals surface area (Å²) in [6.45, 7) is 4.06. The summed E-state index contributed by atoms with van der Waals surface area (Å²) in [4.78, 5) is 17.6. The van der Waals surface area contributed by atoms with Crippen molar-refractivity contribution in [3.8, 4) is 11.5 Å². The van der Waals surface area contributed by atoms with Gasteiger partial charge in [-0.3, -0.25) is 4.79 Å². The molecule has 4 aliphatic rings. The molecule has 0 spiro atoms. The topological polar surface area (TPSA) is 67.2 Å². The normalized spacial score (nSPS) is 26.8. The number of benzene rings is 2. The smallest absolute Gasteiger partial charge is 0.227 e. The van der Waals surface area contributed by atoms with Crippen LogP contribution in [0.3, 0.4) is 0 Å². The van der Waals surface area contributed by atoms with Crippen LogP contribution in [-0.4, -0.2) is 16.0 Å². The van der Waals surface area contributed by atoms with E-state index in [0.29, 0.717) is 23.0 Å². The van der Waals surface area contributed by atoms with Crippen molar-refractivity contribution in [2.24, 2.45) is 23.2 Å². The average Bonchev–Trinajstić information content (AvgIpc) is 3.18. The van der Waals surface area contributed by atoms with Gasteiger partial charge in [-0.05, 0) is 123 Å². The van der Waals surface area contributed by atoms with Crippen LogP contribution in [-0.2, 0) is 4.79 Å². The highest BCUT2D eigenvalue weighted by atomic mass is 35.5. The van der Waals surface area contributed by atoms with Crippen molar-refractivity contribution in [1.82, 2.24) is 10.3 Å². The lowest BCUT2D eigenvalue weighted by Gasteiger charge is -2.56. The minimum Gasteiger partial charge on any atom is -0.436 e. The van der Waals surface area contributed by atoms with Gasteiger partial charge in [-0.15, -0.1) is 0 Å². The molecule has 7 rings (SSSR count). The van der Waals surface area contributed by atoms with Crippen molar-refractivity contribution in [3.63, 3.8) is 0 Å². The third-order valence-electron chi connectivity index (χ3n) is 8.24. The number of hydrogen-bond acceptors (Lipinski definition) is 4. The summed E-state index contributed by atoms with van der Waals surface area (Å²) in [5.41, 5.74) is 5.37. The molecule has 182 valence electrons. The number of nitrogens with zero attached hydrogens (tertiary/aromatic N) is 1. The van der Waals surface area contributed by atoms with E-state index >= 15 is 0 Å². The number of halogens is 1. The van der Waals surface area contributed by atoms with Crippen molar-refractivity contribution in [2.45, 2.75) is 58.8 Å². The number of thiocarbonyl (C=S) groups is 1. The molecular formula is C28H30ClN3O2S. The Hall–Kier alpha value is -2.44. The van der Waals surface area contributed by atoms with E-state index in [1.807, 2.05) is 32.0 Å². The van der Waals surface area contributed by atoms with Crippen LogP contribution in [0.15, 0.2) is 34.7 Å². The quantitative estimate of drug-likeness (QED) is 0.366. The van der Waals surface area contributed by atoms with Gasteiger partial charge in [0.15, 0.2) is 10.7 Å². The molecule has 4 bridgehead atoms. The predicted molar refractivity (Wildman–Crippen MR) is 144 cm³/mol. The zero-order valence-corrected chi connectivity index (χ0v) is 21.7. The first-order chi connectivity index (χ1) is 16.7. The highest BCUT2D eigenvalue weighted by Crippen LogP contribution is 2.61. The van der Waals surface area contributed by atoms with Crippen LogP contribution in [0.25, 0.3) is 22.6 Å². The summed E-state index contributed by atoms with van der Waals surface area (Å²) in [6, 6.07) is 9.60. The molecule has 0 saturated heterocycles. The van der Waals surface area contributed by atoms with E-state index in [0.717, 1.165) is 45.5 Å². The molecule has 35 heavy (non-hydrogen) atoms. The van der Waals surface area contributed by atoms with Gasteiger partial charge >= 0.3 is 0 Å². The molecule has 4 saturated carbocycles. The fraction of sp³-hybridized carbons (Fsp3) is 0.464. The molecule has 1 aromatic heterocycles.